The Hall–Kier alpha value is -1.71. The van der Waals surface area contributed by atoms with Crippen molar-refractivity contribution in [2.75, 3.05) is 6.54 Å². The highest BCUT2D eigenvalue weighted by atomic mass is 16.2. The minimum atomic E-state index is -0.525. The summed E-state index contributed by atoms with van der Waals surface area (Å²) in [7, 11) is 0. The molecule has 1 atom stereocenters. The van der Waals surface area contributed by atoms with Crippen LogP contribution in [0.15, 0.2) is 24.5 Å². The zero-order valence-electron chi connectivity index (χ0n) is 8.27. The molecule has 0 saturated carbocycles. The number of nitrogens with zero attached hydrogens (tertiary/aromatic N) is 1. The van der Waals surface area contributed by atoms with E-state index in [1.807, 2.05) is 0 Å². The molecule has 0 aromatic carbocycles. The van der Waals surface area contributed by atoms with E-state index in [1.165, 1.54) is 6.20 Å². The molecule has 2 heterocycles. The van der Waals surface area contributed by atoms with Gasteiger partial charge in [-0.25, -0.2) is 0 Å². The predicted molar refractivity (Wildman–Crippen MR) is 54.3 cm³/mol. The quantitative estimate of drug-likeness (QED) is 0.572. The number of nitrogens with one attached hydrogen (secondary N) is 1. The third-order valence-electron chi connectivity index (χ3n) is 2.55. The van der Waals surface area contributed by atoms with Crippen LogP contribution in [-0.2, 0) is 4.79 Å². The van der Waals surface area contributed by atoms with Crippen molar-refractivity contribution in [1.82, 2.24) is 10.3 Å². The van der Waals surface area contributed by atoms with E-state index in [9.17, 15) is 9.59 Å². The van der Waals surface area contributed by atoms with E-state index in [2.05, 4.69) is 10.3 Å². The molecule has 1 aromatic rings. The fourth-order valence-corrected chi connectivity index (χ4v) is 1.73. The predicted octanol–water partition coefficient (Wildman–Crippen LogP) is 0.791. The first-order valence-corrected chi connectivity index (χ1v) is 5.01. The number of rotatable bonds is 2. The lowest BCUT2D eigenvalue weighted by atomic mass is 9.91. The van der Waals surface area contributed by atoms with Crippen molar-refractivity contribution in [3.63, 3.8) is 0 Å². The van der Waals surface area contributed by atoms with Gasteiger partial charge in [-0.2, -0.15) is 0 Å². The number of Topliss-reactive ketones (excluding diaryl/α,β-unsaturated/α-hetero) is 1. The Labute approximate surface area is 87.7 Å². The van der Waals surface area contributed by atoms with Crippen LogP contribution in [0, 0.1) is 5.92 Å². The van der Waals surface area contributed by atoms with E-state index >= 15 is 0 Å². The third-order valence-corrected chi connectivity index (χ3v) is 2.55. The molecule has 1 fully saturated rings. The van der Waals surface area contributed by atoms with Gasteiger partial charge in [0.1, 0.15) is 5.92 Å². The van der Waals surface area contributed by atoms with E-state index in [-0.39, 0.29) is 11.7 Å². The summed E-state index contributed by atoms with van der Waals surface area (Å²) in [5.74, 6) is -0.807. The number of aromatic nitrogens is 1. The molecule has 1 amide bonds. The highest BCUT2D eigenvalue weighted by Crippen LogP contribution is 2.16. The second kappa shape index (κ2) is 4.21. The van der Waals surface area contributed by atoms with Crippen molar-refractivity contribution in [3.05, 3.63) is 30.1 Å². The molecular weight excluding hydrogens is 192 g/mol. The minimum absolute atomic E-state index is 0.125. The van der Waals surface area contributed by atoms with Crippen LogP contribution in [0.3, 0.4) is 0 Å². The van der Waals surface area contributed by atoms with E-state index in [1.54, 1.807) is 18.3 Å². The first-order chi connectivity index (χ1) is 7.29. The minimum Gasteiger partial charge on any atom is -0.355 e. The lowest BCUT2D eigenvalue weighted by Crippen LogP contribution is -2.40. The third kappa shape index (κ3) is 2.03. The van der Waals surface area contributed by atoms with E-state index in [0.29, 0.717) is 18.5 Å². The number of piperidine rings is 1. The number of carbonyl (C=O) groups is 2. The lowest BCUT2D eigenvalue weighted by Gasteiger charge is -2.20. The zero-order chi connectivity index (χ0) is 10.7. The largest absolute Gasteiger partial charge is 0.355 e. The second-order valence-electron chi connectivity index (χ2n) is 3.59. The standard InChI is InChI=1S/C11H12N2O2/c14-10(8-3-1-5-12-7-8)9-4-2-6-13-11(9)15/h1,3,5,7,9H,2,4,6H2,(H,13,15)/t9-/m0/s1. The van der Waals surface area contributed by atoms with Crippen molar-refractivity contribution in [1.29, 1.82) is 0 Å². The fourth-order valence-electron chi connectivity index (χ4n) is 1.73. The van der Waals surface area contributed by atoms with Gasteiger partial charge in [0.15, 0.2) is 5.78 Å². The molecule has 0 radical (unpaired) electrons. The molecule has 0 bridgehead atoms. The SMILES string of the molecule is O=C1NCCC[C@H]1C(=O)c1cccnc1. The summed E-state index contributed by atoms with van der Waals surface area (Å²) in [4.78, 5) is 27.2. The van der Waals surface area contributed by atoms with Gasteiger partial charge in [-0.05, 0) is 25.0 Å². The number of pyridine rings is 1. The summed E-state index contributed by atoms with van der Waals surface area (Å²) in [5.41, 5.74) is 0.513. The van der Waals surface area contributed by atoms with Gasteiger partial charge in [-0.1, -0.05) is 0 Å². The van der Waals surface area contributed by atoms with Crippen LogP contribution in [0.5, 0.6) is 0 Å². The van der Waals surface area contributed by atoms with Gasteiger partial charge >= 0.3 is 0 Å². The van der Waals surface area contributed by atoms with Crippen LogP contribution in [0.2, 0.25) is 0 Å². The Kier molecular flexibility index (Phi) is 2.76. The highest BCUT2D eigenvalue weighted by Gasteiger charge is 2.29. The van der Waals surface area contributed by atoms with Crippen LogP contribution < -0.4 is 5.32 Å². The van der Waals surface area contributed by atoms with Crippen molar-refractivity contribution >= 4 is 11.7 Å². The smallest absolute Gasteiger partial charge is 0.230 e. The van der Waals surface area contributed by atoms with Crippen LogP contribution >= 0.6 is 0 Å². The molecule has 4 nitrogen and oxygen atoms in total. The maximum Gasteiger partial charge on any atom is 0.230 e. The van der Waals surface area contributed by atoms with Gasteiger partial charge in [0.2, 0.25) is 5.91 Å². The Morgan fingerprint density at radius 1 is 1.53 bits per heavy atom. The second-order valence-corrected chi connectivity index (χ2v) is 3.59. The molecule has 15 heavy (non-hydrogen) atoms. The Balaban J connectivity index is 2.17. The summed E-state index contributed by atoms with van der Waals surface area (Å²) in [5, 5.41) is 2.70. The number of ketones is 1. The van der Waals surface area contributed by atoms with E-state index in [4.69, 9.17) is 0 Å². The van der Waals surface area contributed by atoms with Crippen molar-refractivity contribution < 1.29 is 9.59 Å². The molecule has 1 aliphatic heterocycles. The van der Waals surface area contributed by atoms with Crippen LogP contribution in [0.1, 0.15) is 23.2 Å². The fraction of sp³-hybridized carbons (Fsp3) is 0.364. The van der Waals surface area contributed by atoms with Crippen LogP contribution in [0.25, 0.3) is 0 Å². The summed E-state index contributed by atoms with van der Waals surface area (Å²) >= 11 is 0. The molecule has 0 aliphatic carbocycles. The first kappa shape index (κ1) is 9.83. The zero-order valence-corrected chi connectivity index (χ0v) is 8.27. The van der Waals surface area contributed by atoms with Crippen LogP contribution in [-0.4, -0.2) is 23.2 Å². The molecular formula is C11H12N2O2. The molecule has 1 N–H and O–H groups in total. The van der Waals surface area contributed by atoms with E-state index < -0.39 is 5.92 Å². The summed E-state index contributed by atoms with van der Waals surface area (Å²) in [6.07, 6.45) is 4.61. The Morgan fingerprint density at radius 2 is 2.40 bits per heavy atom. The molecule has 78 valence electrons. The molecule has 1 aliphatic rings. The van der Waals surface area contributed by atoms with Gasteiger partial charge in [-0.15, -0.1) is 0 Å². The van der Waals surface area contributed by atoms with Gasteiger partial charge in [0, 0.05) is 24.5 Å². The van der Waals surface area contributed by atoms with Crippen molar-refractivity contribution in [2.45, 2.75) is 12.8 Å². The molecule has 0 spiro atoms. The lowest BCUT2D eigenvalue weighted by molar-refractivity contribution is -0.124. The van der Waals surface area contributed by atoms with Crippen LogP contribution in [0.4, 0.5) is 0 Å². The average Bonchev–Trinajstić information content (AvgIpc) is 2.30. The Bertz CT molecular complexity index is 375. The van der Waals surface area contributed by atoms with Crippen molar-refractivity contribution in [3.8, 4) is 0 Å². The molecule has 4 heteroatoms. The maximum absolute atomic E-state index is 11.9. The summed E-state index contributed by atoms with van der Waals surface area (Å²) < 4.78 is 0. The highest BCUT2D eigenvalue weighted by molar-refractivity contribution is 6.10. The molecule has 0 unspecified atom stereocenters. The van der Waals surface area contributed by atoms with Crippen molar-refractivity contribution in [2.24, 2.45) is 5.92 Å². The first-order valence-electron chi connectivity index (χ1n) is 5.01. The van der Waals surface area contributed by atoms with Gasteiger partial charge < -0.3 is 5.32 Å². The van der Waals surface area contributed by atoms with Gasteiger partial charge in [0.05, 0.1) is 0 Å². The monoisotopic (exact) mass is 204 g/mol. The summed E-state index contributed by atoms with van der Waals surface area (Å²) in [6, 6.07) is 3.39. The number of hydrogen-bond acceptors (Lipinski definition) is 3. The molecule has 2 rings (SSSR count). The topological polar surface area (TPSA) is 59.1 Å². The number of hydrogen-bond donors (Lipinski definition) is 1. The van der Waals surface area contributed by atoms with Gasteiger partial charge in [0.25, 0.3) is 0 Å². The molecule has 1 saturated heterocycles. The summed E-state index contributed by atoms with van der Waals surface area (Å²) in [6.45, 7) is 0.676. The Morgan fingerprint density at radius 3 is 3.07 bits per heavy atom. The van der Waals surface area contributed by atoms with E-state index in [0.717, 1.165) is 6.42 Å². The average molecular weight is 204 g/mol. The normalized spacial score (nSPS) is 20.8. The van der Waals surface area contributed by atoms with Gasteiger partial charge in [-0.3, -0.25) is 14.6 Å². The number of carbonyl (C=O) groups excluding carboxylic acids is 2. The maximum atomic E-state index is 11.9. The number of amides is 1. The molecule has 1 aromatic heterocycles.